The Hall–Kier alpha value is -1.44. The fourth-order valence-corrected chi connectivity index (χ4v) is 3.14. The van der Waals surface area contributed by atoms with Crippen LogP contribution in [0.4, 0.5) is 5.13 Å². The molecule has 1 unspecified atom stereocenters. The minimum Gasteiger partial charge on any atom is -0.497 e. The van der Waals surface area contributed by atoms with E-state index in [1.54, 1.807) is 7.11 Å². The van der Waals surface area contributed by atoms with Gasteiger partial charge in [0.25, 0.3) is 0 Å². The molecule has 0 aliphatic carbocycles. The lowest BCUT2D eigenvalue weighted by Crippen LogP contribution is -3.07. The van der Waals surface area contributed by atoms with Gasteiger partial charge in [0.15, 0.2) is 10.6 Å². The molecule has 0 aliphatic rings. The SMILES string of the molecule is CCCNc1nn(C[NH+](C)Cc2ccc(OC)cc2)c(=S)s1. The van der Waals surface area contributed by atoms with E-state index in [9.17, 15) is 0 Å². The standard InChI is InChI=1S/C15H22N4OS2/c1-4-9-16-14-17-19(15(21)22-14)11-18(2)10-12-5-7-13(20-3)8-6-12/h5-8H,4,9-11H2,1-3H3,(H,16,17)/p+1. The average Bonchev–Trinajstić information content (AvgIpc) is 2.86. The lowest BCUT2D eigenvalue weighted by atomic mass is 10.2. The zero-order chi connectivity index (χ0) is 15.9. The normalized spacial score (nSPS) is 12.1. The maximum absolute atomic E-state index is 5.39. The first-order valence-corrected chi connectivity index (χ1v) is 8.61. The van der Waals surface area contributed by atoms with Crippen LogP contribution in [0.1, 0.15) is 18.9 Å². The van der Waals surface area contributed by atoms with Crippen LogP contribution in [0.25, 0.3) is 0 Å². The monoisotopic (exact) mass is 339 g/mol. The van der Waals surface area contributed by atoms with Crippen molar-refractivity contribution in [1.29, 1.82) is 0 Å². The Labute approximate surface area is 140 Å². The van der Waals surface area contributed by atoms with Gasteiger partial charge in [-0.25, -0.2) is 0 Å². The van der Waals surface area contributed by atoms with Crippen molar-refractivity contribution in [3.63, 3.8) is 0 Å². The predicted molar refractivity (Wildman–Crippen MR) is 93.3 cm³/mol. The van der Waals surface area contributed by atoms with E-state index in [1.807, 2.05) is 16.8 Å². The molecular formula is C15H23N4OS2+. The number of aromatic nitrogens is 2. The second-order valence-corrected chi connectivity index (χ2v) is 6.86. The molecule has 0 bridgehead atoms. The number of quaternary nitrogens is 1. The van der Waals surface area contributed by atoms with Crippen molar-refractivity contribution in [3.8, 4) is 5.75 Å². The van der Waals surface area contributed by atoms with E-state index < -0.39 is 0 Å². The van der Waals surface area contributed by atoms with Crippen molar-refractivity contribution < 1.29 is 9.64 Å². The summed E-state index contributed by atoms with van der Waals surface area (Å²) < 4.78 is 7.89. The van der Waals surface area contributed by atoms with Crippen LogP contribution in [-0.4, -0.2) is 30.5 Å². The van der Waals surface area contributed by atoms with Gasteiger partial charge in [-0.2, -0.15) is 4.68 Å². The van der Waals surface area contributed by atoms with E-state index in [0.29, 0.717) is 0 Å². The van der Waals surface area contributed by atoms with Crippen LogP contribution in [0, 0.1) is 3.95 Å². The summed E-state index contributed by atoms with van der Waals surface area (Å²) in [5, 5.41) is 8.73. The molecule has 0 spiro atoms. The van der Waals surface area contributed by atoms with E-state index in [0.717, 1.165) is 41.0 Å². The summed E-state index contributed by atoms with van der Waals surface area (Å²) in [5.74, 6) is 0.884. The Balaban J connectivity index is 1.94. The molecule has 0 saturated heterocycles. The molecular weight excluding hydrogens is 316 g/mol. The fourth-order valence-electron chi connectivity index (χ4n) is 2.11. The fraction of sp³-hybridized carbons (Fsp3) is 0.467. The van der Waals surface area contributed by atoms with E-state index in [-0.39, 0.29) is 0 Å². The van der Waals surface area contributed by atoms with Gasteiger partial charge in [0.05, 0.1) is 14.2 Å². The summed E-state index contributed by atoms with van der Waals surface area (Å²) in [5.41, 5.74) is 1.27. The van der Waals surface area contributed by atoms with Crippen molar-refractivity contribution >= 4 is 28.7 Å². The molecule has 7 heteroatoms. The van der Waals surface area contributed by atoms with Crippen molar-refractivity contribution in [2.24, 2.45) is 0 Å². The van der Waals surface area contributed by atoms with E-state index in [2.05, 4.69) is 36.5 Å². The molecule has 22 heavy (non-hydrogen) atoms. The van der Waals surface area contributed by atoms with Gasteiger partial charge in [-0.15, -0.1) is 5.10 Å². The van der Waals surface area contributed by atoms with Gasteiger partial charge in [0.1, 0.15) is 12.3 Å². The third-order valence-electron chi connectivity index (χ3n) is 3.22. The van der Waals surface area contributed by atoms with Gasteiger partial charge in [-0.05, 0) is 42.9 Å². The van der Waals surface area contributed by atoms with Crippen LogP contribution in [0.3, 0.4) is 0 Å². The zero-order valence-corrected chi connectivity index (χ0v) is 14.9. The third kappa shape index (κ3) is 4.79. The lowest BCUT2D eigenvalue weighted by molar-refractivity contribution is -0.917. The molecule has 0 amide bonds. The van der Waals surface area contributed by atoms with Crippen molar-refractivity contribution in [2.45, 2.75) is 26.6 Å². The topological polar surface area (TPSA) is 43.5 Å². The first-order valence-electron chi connectivity index (χ1n) is 7.38. The summed E-state index contributed by atoms with van der Waals surface area (Å²) in [7, 11) is 3.82. The molecule has 1 heterocycles. The van der Waals surface area contributed by atoms with Crippen LogP contribution < -0.4 is 15.0 Å². The lowest BCUT2D eigenvalue weighted by Gasteiger charge is -2.14. The van der Waals surface area contributed by atoms with E-state index in [4.69, 9.17) is 17.0 Å². The number of hydrogen-bond acceptors (Lipinski definition) is 5. The number of nitrogens with zero attached hydrogens (tertiary/aromatic N) is 2. The molecule has 0 saturated carbocycles. The highest BCUT2D eigenvalue weighted by molar-refractivity contribution is 7.73. The summed E-state index contributed by atoms with van der Waals surface area (Å²) >= 11 is 6.92. The van der Waals surface area contributed by atoms with Crippen LogP contribution >= 0.6 is 23.6 Å². The van der Waals surface area contributed by atoms with Gasteiger partial charge in [0, 0.05) is 12.1 Å². The highest BCUT2D eigenvalue weighted by Crippen LogP contribution is 2.13. The highest BCUT2D eigenvalue weighted by Gasteiger charge is 2.09. The first-order chi connectivity index (χ1) is 10.6. The van der Waals surface area contributed by atoms with Crippen LogP contribution in [0.5, 0.6) is 5.75 Å². The molecule has 2 rings (SSSR count). The number of methoxy groups -OCH3 is 1. The largest absolute Gasteiger partial charge is 0.497 e. The molecule has 0 aliphatic heterocycles. The molecule has 2 aromatic rings. The van der Waals surface area contributed by atoms with Crippen LogP contribution in [-0.2, 0) is 13.2 Å². The molecule has 120 valence electrons. The van der Waals surface area contributed by atoms with Gasteiger partial charge in [0.2, 0.25) is 5.13 Å². The molecule has 1 aromatic carbocycles. The second-order valence-electron chi connectivity index (χ2n) is 5.24. The second kappa shape index (κ2) is 8.26. The summed E-state index contributed by atoms with van der Waals surface area (Å²) in [6, 6.07) is 8.17. The smallest absolute Gasteiger partial charge is 0.204 e. The highest BCUT2D eigenvalue weighted by atomic mass is 32.1. The molecule has 0 fully saturated rings. The third-order valence-corrected chi connectivity index (χ3v) is 4.48. The van der Waals surface area contributed by atoms with E-state index in [1.165, 1.54) is 21.8 Å². The number of hydrogen-bond donors (Lipinski definition) is 2. The Kier molecular flexibility index (Phi) is 6.35. The number of nitrogens with one attached hydrogen (secondary N) is 2. The van der Waals surface area contributed by atoms with Gasteiger partial charge in [-0.3, -0.25) is 0 Å². The number of ether oxygens (including phenoxy) is 1. The average molecular weight is 340 g/mol. The maximum Gasteiger partial charge on any atom is 0.204 e. The van der Waals surface area contributed by atoms with Crippen LogP contribution in [0.15, 0.2) is 24.3 Å². The zero-order valence-electron chi connectivity index (χ0n) is 13.3. The number of benzene rings is 1. The summed E-state index contributed by atoms with van der Waals surface area (Å²) in [6.07, 6.45) is 1.08. The Bertz CT molecular complexity index is 636. The molecule has 1 atom stereocenters. The van der Waals surface area contributed by atoms with Crippen molar-refractivity contribution in [1.82, 2.24) is 9.78 Å². The van der Waals surface area contributed by atoms with Gasteiger partial charge in [-0.1, -0.05) is 18.3 Å². The minimum atomic E-state index is 0.759. The van der Waals surface area contributed by atoms with Gasteiger partial charge < -0.3 is 15.0 Å². The first kappa shape index (κ1) is 16.9. The summed E-state index contributed by atoms with van der Waals surface area (Å²) in [6.45, 7) is 4.74. The molecule has 0 radical (unpaired) electrons. The number of rotatable bonds is 8. The molecule has 1 aromatic heterocycles. The van der Waals surface area contributed by atoms with E-state index >= 15 is 0 Å². The predicted octanol–water partition coefficient (Wildman–Crippen LogP) is 2.18. The number of anilines is 1. The quantitative estimate of drug-likeness (QED) is 0.724. The van der Waals surface area contributed by atoms with Crippen molar-refractivity contribution in [2.75, 3.05) is 26.0 Å². The maximum atomic E-state index is 5.39. The molecule has 2 N–H and O–H groups in total. The summed E-state index contributed by atoms with van der Waals surface area (Å²) in [4.78, 5) is 1.33. The Morgan fingerprint density at radius 2 is 2.09 bits per heavy atom. The minimum absolute atomic E-state index is 0.759. The Morgan fingerprint density at radius 3 is 2.73 bits per heavy atom. The molecule has 5 nitrogen and oxygen atoms in total. The van der Waals surface area contributed by atoms with Crippen molar-refractivity contribution in [3.05, 3.63) is 33.8 Å². The van der Waals surface area contributed by atoms with Crippen LogP contribution in [0.2, 0.25) is 0 Å². The van der Waals surface area contributed by atoms with Gasteiger partial charge >= 0.3 is 0 Å². The Morgan fingerprint density at radius 1 is 1.36 bits per heavy atom.